The van der Waals surface area contributed by atoms with Gasteiger partial charge in [-0.25, -0.2) is 4.98 Å². The fourth-order valence-corrected chi connectivity index (χ4v) is 3.59. The third kappa shape index (κ3) is 4.09. The molecule has 0 atom stereocenters. The summed E-state index contributed by atoms with van der Waals surface area (Å²) in [7, 11) is 0. The van der Waals surface area contributed by atoms with E-state index in [0.29, 0.717) is 0 Å². The lowest BCUT2D eigenvalue weighted by Gasteiger charge is -2.29. The summed E-state index contributed by atoms with van der Waals surface area (Å²) in [5, 5.41) is 10.5. The predicted octanol–water partition coefficient (Wildman–Crippen LogP) is 3.67. The normalized spacial score (nSPS) is 14.7. The number of hydrogen-bond acceptors (Lipinski definition) is 6. The molecule has 6 heteroatoms. The Kier molecular flexibility index (Phi) is 5.23. The van der Waals surface area contributed by atoms with Crippen LogP contribution < -0.4 is 15.6 Å². The van der Waals surface area contributed by atoms with Crippen LogP contribution in [0.1, 0.15) is 5.56 Å². The van der Waals surface area contributed by atoms with E-state index >= 15 is 0 Å². The monoisotopic (exact) mass is 363 g/mol. The number of anilines is 2. The highest BCUT2D eigenvalue weighted by atomic mass is 32.1. The molecule has 0 unspecified atom stereocenters. The molecule has 1 aliphatic rings. The molecule has 1 aliphatic heterocycles. The zero-order valence-corrected chi connectivity index (χ0v) is 15.2. The molecule has 0 amide bonds. The van der Waals surface area contributed by atoms with Gasteiger partial charge in [-0.2, -0.15) is 5.10 Å². The van der Waals surface area contributed by atoms with Crippen LogP contribution in [0.4, 0.5) is 10.8 Å². The molecule has 2 N–H and O–H groups in total. The average Bonchev–Trinajstić information content (AvgIpc) is 3.19. The van der Waals surface area contributed by atoms with Gasteiger partial charge < -0.3 is 10.2 Å². The van der Waals surface area contributed by atoms with Crippen LogP contribution in [0.2, 0.25) is 0 Å². The maximum absolute atomic E-state index is 4.57. The van der Waals surface area contributed by atoms with Gasteiger partial charge in [0.1, 0.15) is 0 Å². The van der Waals surface area contributed by atoms with E-state index in [1.54, 1.807) is 11.3 Å². The van der Waals surface area contributed by atoms with Crippen molar-refractivity contribution >= 4 is 28.4 Å². The minimum atomic E-state index is 0.789. The zero-order valence-electron chi connectivity index (χ0n) is 14.4. The maximum atomic E-state index is 4.57. The topological polar surface area (TPSA) is 52.6 Å². The summed E-state index contributed by atoms with van der Waals surface area (Å²) in [6, 6.07) is 18.7. The zero-order chi connectivity index (χ0) is 17.6. The number of piperazine rings is 1. The maximum Gasteiger partial charge on any atom is 0.203 e. The summed E-state index contributed by atoms with van der Waals surface area (Å²) in [5.74, 6) is 0. The van der Waals surface area contributed by atoms with Crippen molar-refractivity contribution in [2.45, 2.75) is 0 Å². The molecule has 0 spiro atoms. The van der Waals surface area contributed by atoms with E-state index in [-0.39, 0.29) is 0 Å². The first-order valence-electron chi connectivity index (χ1n) is 8.74. The highest BCUT2D eigenvalue weighted by molar-refractivity contribution is 7.14. The van der Waals surface area contributed by atoms with Gasteiger partial charge in [0.15, 0.2) is 0 Å². The lowest BCUT2D eigenvalue weighted by molar-refractivity contribution is 0.589. The third-order valence-corrected chi connectivity index (χ3v) is 5.07. The second kappa shape index (κ2) is 8.12. The van der Waals surface area contributed by atoms with Crippen molar-refractivity contribution in [2.75, 3.05) is 36.5 Å². The number of thiazole rings is 1. The minimum Gasteiger partial charge on any atom is -0.369 e. The lowest BCUT2D eigenvalue weighted by atomic mass is 10.2. The largest absolute Gasteiger partial charge is 0.369 e. The first kappa shape index (κ1) is 16.8. The number of nitrogens with one attached hydrogen (secondary N) is 2. The highest BCUT2D eigenvalue weighted by Gasteiger charge is 2.09. The quantitative estimate of drug-likeness (QED) is 0.536. The van der Waals surface area contributed by atoms with Crippen molar-refractivity contribution in [1.29, 1.82) is 0 Å². The molecular formula is C20H21N5S. The summed E-state index contributed by atoms with van der Waals surface area (Å²) in [6.07, 6.45) is 1.82. The molecule has 0 saturated carbocycles. The van der Waals surface area contributed by atoms with Crippen LogP contribution in [0, 0.1) is 0 Å². The molecule has 1 aromatic heterocycles. The lowest BCUT2D eigenvalue weighted by Crippen LogP contribution is -2.43. The predicted molar refractivity (Wildman–Crippen MR) is 110 cm³/mol. The summed E-state index contributed by atoms with van der Waals surface area (Å²) < 4.78 is 0. The first-order chi connectivity index (χ1) is 12.9. The Balaban J connectivity index is 1.36. The van der Waals surface area contributed by atoms with Crippen LogP contribution in [0.25, 0.3) is 11.3 Å². The van der Waals surface area contributed by atoms with E-state index in [1.807, 2.05) is 29.8 Å². The van der Waals surface area contributed by atoms with E-state index < -0.39 is 0 Å². The Bertz CT molecular complexity index is 851. The van der Waals surface area contributed by atoms with Crippen LogP contribution in [-0.2, 0) is 0 Å². The van der Waals surface area contributed by atoms with Crippen molar-refractivity contribution in [2.24, 2.45) is 5.10 Å². The van der Waals surface area contributed by atoms with Gasteiger partial charge in [-0.15, -0.1) is 11.3 Å². The molecule has 132 valence electrons. The van der Waals surface area contributed by atoms with Gasteiger partial charge in [0, 0.05) is 42.8 Å². The SMILES string of the molecule is C(=NNc1nc(-c2ccccc2)cs1)c1ccc(N2CCNCC2)cc1. The van der Waals surface area contributed by atoms with Crippen molar-refractivity contribution < 1.29 is 0 Å². The molecule has 2 heterocycles. The van der Waals surface area contributed by atoms with E-state index in [9.17, 15) is 0 Å². The number of hydrazone groups is 1. The Hall–Kier alpha value is -2.70. The Morgan fingerprint density at radius 3 is 2.58 bits per heavy atom. The molecule has 0 aliphatic carbocycles. The number of nitrogens with zero attached hydrogens (tertiary/aromatic N) is 3. The first-order valence-corrected chi connectivity index (χ1v) is 9.62. The Labute approximate surface area is 157 Å². The molecule has 0 radical (unpaired) electrons. The van der Waals surface area contributed by atoms with Gasteiger partial charge in [0.2, 0.25) is 5.13 Å². The van der Waals surface area contributed by atoms with Crippen molar-refractivity contribution in [3.63, 3.8) is 0 Å². The molecule has 2 aromatic carbocycles. The molecule has 1 saturated heterocycles. The standard InChI is InChI=1S/C20H21N5S/c1-2-4-17(5-3-1)19-15-26-20(23-19)24-22-14-16-6-8-18(9-7-16)25-12-10-21-11-13-25/h1-9,14-15,21H,10-13H2,(H,23,24). The molecule has 4 rings (SSSR count). The molecule has 5 nitrogen and oxygen atoms in total. The molecule has 0 bridgehead atoms. The van der Waals surface area contributed by atoms with Crippen LogP contribution >= 0.6 is 11.3 Å². The minimum absolute atomic E-state index is 0.789. The molecule has 1 fully saturated rings. The van der Waals surface area contributed by atoms with Gasteiger partial charge in [-0.05, 0) is 17.7 Å². The van der Waals surface area contributed by atoms with Crippen LogP contribution in [-0.4, -0.2) is 37.4 Å². The number of benzene rings is 2. The molecule has 3 aromatic rings. The molecular weight excluding hydrogens is 342 g/mol. The van der Waals surface area contributed by atoms with Crippen molar-refractivity contribution in [3.8, 4) is 11.3 Å². The van der Waals surface area contributed by atoms with Gasteiger partial charge in [-0.3, -0.25) is 5.43 Å². The second-order valence-corrected chi connectivity index (χ2v) is 6.96. The van der Waals surface area contributed by atoms with Crippen molar-refractivity contribution in [3.05, 3.63) is 65.5 Å². The fraction of sp³-hybridized carbons (Fsp3) is 0.200. The highest BCUT2D eigenvalue weighted by Crippen LogP contribution is 2.24. The smallest absolute Gasteiger partial charge is 0.203 e. The average molecular weight is 363 g/mol. The van der Waals surface area contributed by atoms with Crippen LogP contribution in [0.15, 0.2) is 65.1 Å². The van der Waals surface area contributed by atoms with Gasteiger partial charge >= 0.3 is 0 Å². The van der Waals surface area contributed by atoms with Crippen LogP contribution in [0.5, 0.6) is 0 Å². The Morgan fingerprint density at radius 2 is 1.81 bits per heavy atom. The van der Waals surface area contributed by atoms with Gasteiger partial charge in [-0.1, -0.05) is 42.5 Å². The fourth-order valence-electron chi connectivity index (χ4n) is 2.92. The number of hydrogen-bond donors (Lipinski definition) is 2. The summed E-state index contributed by atoms with van der Waals surface area (Å²) in [5.41, 5.74) is 7.43. The summed E-state index contributed by atoms with van der Waals surface area (Å²) in [6.45, 7) is 4.21. The number of aromatic nitrogens is 1. The summed E-state index contributed by atoms with van der Waals surface area (Å²) in [4.78, 5) is 6.97. The van der Waals surface area contributed by atoms with E-state index in [0.717, 1.165) is 48.1 Å². The van der Waals surface area contributed by atoms with Gasteiger partial charge in [0.05, 0.1) is 11.9 Å². The van der Waals surface area contributed by atoms with Crippen LogP contribution in [0.3, 0.4) is 0 Å². The summed E-state index contributed by atoms with van der Waals surface area (Å²) >= 11 is 1.55. The molecule has 26 heavy (non-hydrogen) atoms. The van der Waals surface area contributed by atoms with E-state index in [4.69, 9.17) is 0 Å². The Morgan fingerprint density at radius 1 is 1.04 bits per heavy atom. The van der Waals surface area contributed by atoms with Gasteiger partial charge in [0.25, 0.3) is 0 Å². The second-order valence-electron chi connectivity index (χ2n) is 6.10. The third-order valence-electron chi connectivity index (χ3n) is 4.32. The number of rotatable bonds is 5. The van der Waals surface area contributed by atoms with E-state index in [2.05, 4.69) is 62.1 Å². The van der Waals surface area contributed by atoms with Crippen molar-refractivity contribution in [1.82, 2.24) is 10.3 Å². The van der Waals surface area contributed by atoms with E-state index in [1.165, 1.54) is 5.69 Å².